The van der Waals surface area contributed by atoms with Crippen molar-refractivity contribution in [1.82, 2.24) is 15.2 Å². The van der Waals surface area contributed by atoms with Crippen molar-refractivity contribution in [2.75, 3.05) is 10.6 Å². The number of nitrogens with one attached hydrogen (secondary N) is 3. The van der Waals surface area contributed by atoms with Crippen molar-refractivity contribution in [3.8, 4) is 0 Å². The zero-order valence-corrected chi connectivity index (χ0v) is 8.69. The monoisotopic (exact) mass is 217 g/mol. The summed E-state index contributed by atoms with van der Waals surface area (Å²) in [7, 11) is 0. The van der Waals surface area contributed by atoms with E-state index >= 15 is 0 Å². The van der Waals surface area contributed by atoms with E-state index in [0.29, 0.717) is 11.6 Å². The lowest BCUT2D eigenvalue weighted by atomic mass is 10.4. The van der Waals surface area contributed by atoms with E-state index in [2.05, 4.69) is 25.8 Å². The standard InChI is InChI=1S/C10H11N5O/c1-7-6-12-15-9(7)14-10(16)13-8-4-2-3-5-11-8/h2-6H,1H3,(H3,11,12,13,14,15,16). The first-order valence-corrected chi connectivity index (χ1v) is 4.75. The van der Waals surface area contributed by atoms with E-state index in [1.807, 2.05) is 6.92 Å². The molecule has 0 aromatic carbocycles. The van der Waals surface area contributed by atoms with Gasteiger partial charge >= 0.3 is 6.03 Å². The number of amides is 2. The molecule has 0 atom stereocenters. The highest BCUT2D eigenvalue weighted by Crippen LogP contribution is 2.09. The molecule has 0 saturated heterocycles. The van der Waals surface area contributed by atoms with Crippen LogP contribution in [0.15, 0.2) is 30.6 Å². The second kappa shape index (κ2) is 4.43. The van der Waals surface area contributed by atoms with Crippen LogP contribution in [0.2, 0.25) is 0 Å². The van der Waals surface area contributed by atoms with Gasteiger partial charge in [0.15, 0.2) is 0 Å². The Morgan fingerprint density at radius 3 is 2.88 bits per heavy atom. The van der Waals surface area contributed by atoms with E-state index in [-0.39, 0.29) is 6.03 Å². The Balaban J connectivity index is 1.98. The van der Waals surface area contributed by atoms with Crippen molar-refractivity contribution >= 4 is 17.7 Å². The van der Waals surface area contributed by atoms with Crippen molar-refractivity contribution in [2.24, 2.45) is 0 Å². The molecule has 0 radical (unpaired) electrons. The lowest BCUT2D eigenvalue weighted by Crippen LogP contribution is -2.20. The smallest absolute Gasteiger partial charge is 0.292 e. The number of nitrogens with zero attached hydrogens (tertiary/aromatic N) is 2. The predicted molar refractivity (Wildman–Crippen MR) is 60.2 cm³/mol. The number of urea groups is 1. The average molecular weight is 217 g/mol. The van der Waals surface area contributed by atoms with Gasteiger partial charge in [0.2, 0.25) is 0 Å². The first-order chi connectivity index (χ1) is 7.75. The minimum Gasteiger partial charge on any atom is -0.292 e. The Kier molecular flexibility index (Phi) is 2.81. The summed E-state index contributed by atoms with van der Waals surface area (Å²) in [4.78, 5) is 15.5. The van der Waals surface area contributed by atoms with Gasteiger partial charge in [0, 0.05) is 11.8 Å². The highest BCUT2D eigenvalue weighted by Gasteiger charge is 2.05. The zero-order chi connectivity index (χ0) is 11.4. The summed E-state index contributed by atoms with van der Waals surface area (Å²) in [6.07, 6.45) is 3.24. The molecule has 0 fully saturated rings. The molecule has 6 nitrogen and oxygen atoms in total. The van der Waals surface area contributed by atoms with Crippen molar-refractivity contribution in [2.45, 2.75) is 6.92 Å². The van der Waals surface area contributed by atoms with Crippen LogP contribution in [0.5, 0.6) is 0 Å². The Labute approximate surface area is 92.1 Å². The molecule has 2 amide bonds. The van der Waals surface area contributed by atoms with Crippen LogP contribution in [0.25, 0.3) is 0 Å². The first kappa shape index (κ1) is 10.2. The highest BCUT2D eigenvalue weighted by atomic mass is 16.2. The second-order valence-corrected chi connectivity index (χ2v) is 3.22. The van der Waals surface area contributed by atoms with Crippen molar-refractivity contribution in [1.29, 1.82) is 0 Å². The highest BCUT2D eigenvalue weighted by molar-refractivity contribution is 5.98. The van der Waals surface area contributed by atoms with Gasteiger partial charge in [-0.05, 0) is 19.1 Å². The molecule has 0 unspecified atom stereocenters. The molecular formula is C10H11N5O. The van der Waals surface area contributed by atoms with Crippen LogP contribution in [0, 0.1) is 6.92 Å². The van der Waals surface area contributed by atoms with Gasteiger partial charge in [-0.3, -0.25) is 15.7 Å². The lowest BCUT2D eigenvalue weighted by molar-refractivity contribution is 0.262. The maximum atomic E-state index is 11.5. The number of hydrogen-bond acceptors (Lipinski definition) is 3. The minimum atomic E-state index is -0.356. The van der Waals surface area contributed by atoms with Gasteiger partial charge < -0.3 is 0 Å². The fraction of sp³-hybridized carbons (Fsp3) is 0.100. The second-order valence-electron chi connectivity index (χ2n) is 3.22. The predicted octanol–water partition coefficient (Wildman–Crippen LogP) is 1.76. The number of aromatic amines is 1. The number of carbonyl (C=O) groups excluding carboxylic acids is 1. The van der Waals surface area contributed by atoms with Crippen molar-refractivity contribution in [3.05, 3.63) is 36.2 Å². The number of carbonyl (C=O) groups is 1. The van der Waals surface area contributed by atoms with Crippen molar-refractivity contribution < 1.29 is 4.79 Å². The quantitative estimate of drug-likeness (QED) is 0.716. The van der Waals surface area contributed by atoms with Gasteiger partial charge in [-0.15, -0.1) is 0 Å². The van der Waals surface area contributed by atoms with Crippen LogP contribution in [0.3, 0.4) is 0 Å². The van der Waals surface area contributed by atoms with Crippen LogP contribution in [0.1, 0.15) is 5.56 Å². The molecular weight excluding hydrogens is 206 g/mol. The van der Waals surface area contributed by atoms with E-state index in [4.69, 9.17) is 0 Å². The van der Waals surface area contributed by atoms with Gasteiger partial charge in [-0.25, -0.2) is 9.78 Å². The number of aryl methyl sites for hydroxylation is 1. The molecule has 0 spiro atoms. The maximum Gasteiger partial charge on any atom is 0.326 e. The molecule has 2 aromatic rings. The number of anilines is 2. The number of H-pyrrole nitrogens is 1. The van der Waals surface area contributed by atoms with Gasteiger partial charge in [-0.2, -0.15) is 5.10 Å². The molecule has 2 heterocycles. The number of hydrogen-bond donors (Lipinski definition) is 3. The fourth-order valence-electron chi connectivity index (χ4n) is 1.17. The summed E-state index contributed by atoms with van der Waals surface area (Å²) in [5, 5.41) is 11.7. The molecule has 0 saturated carbocycles. The first-order valence-electron chi connectivity index (χ1n) is 4.75. The van der Waals surface area contributed by atoms with E-state index in [1.165, 1.54) is 0 Å². The van der Waals surface area contributed by atoms with Gasteiger partial charge in [0.25, 0.3) is 0 Å². The third-order valence-electron chi connectivity index (χ3n) is 1.97. The van der Waals surface area contributed by atoms with Crippen LogP contribution in [-0.2, 0) is 0 Å². The SMILES string of the molecule is Cc1cn[nH]c1NC(=O)Nc1ccccn1. The Bertz CT molecular complexity index is 479. The van der Waals surface area contributed by atoms with E-state index in [0.717, 1.165) is 5.56 Å². The Morgan fingerprint density at radius 2 is 2.25 bits per heavy atom. The molecule has 0 bridgehead atoms. The largest absolute Gasteiger partial charge is 0.326 e. The van der Waals surface area contributed by atoms with Crippen LogP contribution in [-0.4, -0.2) is 21.2 Å². The average Bonchev–Trinajstić information content (AvgIpc) is 2.66. The topological polar surface area (TPSA) is 82.7 Å². The Hall–Kier alpha value is -2.37. The molecule has 0 aliphatic rings. The molecule has 0 aliphatic heterocycles. The van der Waals surface area contributed by atoms with E-state index in [1.54, 1.807) is 30.6 Å². The van der Waals surface area contributed by atoms with Gasteiger partial charge in [0.05, 0.1) is 6.20 Å². The fourth-order valence-corrected chi connectivity index (χ4v) is 1.17. The summed E-state index contributed by atoms with van der Waals surface area (Å²) in [6, 6.07) is 4.93. The molecule has 6 heteroatoms. The van der Waals surface area contributed by atoms with Crippen LogP contribution >= 0.6 is 0 Å². The summed E-state index contributed by atoms with van der Waals surface area (Å²) >= 11 is 0. The van der Waals surface area contributed by atoms with Gasteiger partial charge in [-0.1, -0.05) is 6.07 Å². The third kappa shape index (κ3) is 2.35. The lowest BCUT2D eigenvalue weighted by Gasteiger charge is -2.05. The molecule has 82 valence electrons. The molecule has 16 heavy (non-hydrogen) atoms. The summed E-state index contributed by atoms with van der Waals surface area (Å²) in [5.41, 5.74) is 0.871. The zero-order valence-electron chi connectivity index (χ0n) is 8.69. The summed E-state index contributed by atoms with van der Waals surface area (Å²) < 4.78 is 0. The van der Waals surface area contributed by atoms with Gasteiger partial charge in [0.1, 0.15) is 11.6 Å². The van der Waals surface area contributed by atoms with Crippen LogP contribution < -0.4 is 10.6 Å². The number of aromatic nitrogens is 3. The number of pyridine rings is 1. The molecule has 0 aliphatic carbocycles. The molecule has 2 aromatic heterocycles. The minimum absolute atomic E-state index is 0.356. The third-order valence-corrected chi connectivity index (χ3v) is 1.97. The number of rotatable bonds is 2. The normalized spacial score (nSPS) is 9.81. The Morgan fingerprint density at radius 1 is 1.38 bits per heavy atom. The summed E-state index contributed by atoms with van der Waals surface area (Å²) in [5.74, 6) is 1.07. The maximum absolute atomic E-state index is 11.5. The molecule has 3 N–H and O–H groups in total. The van der Waals surface area contributed by atoms with E-state index in [9.17, 15) is 4.79 Å². The van der Waals surface area contributed by atoms with Crippen molar-refractivity contribution in [3.63, 3.8) is 0 Å². The summed E-state index contributed by atoms with van der Waals surface area (Å²) in [6.45, 7) is 1.85. The molecule has 2 rings (SSSR count). The van der Waals surface area contributed by atoms with Crippen LogP contribution in [0.4, 0.5) is 16.4 Å². The van der Waals surface area contributed by atoms with E-state index < -0.39 is 0 Å².